The number of ether oxygens (including phenoxy) is 1. The number of carbonyl (C=O) groups excluding carboxylic acids is 1. The molecule has 0 bridgehead atoms. The zero-order chi connectivity index (χ0) is 23.1. The van der Waals surface area contributed by atoms with Gasteiger partial charge >= 0.3 is 0 Å². The van der Waals surface area contributed by atoms with Crippen LogP contribution < -0.4 is 21.2 Å². The van der Waals surface area contributed by atoms with Crippen LogP contribution in [0.15, 0.2) is 24.7 Å². The first kappa shape index (κ1) is 21.8. The third-order valence-corrected chi connectivity index (χ3v) is 9.60. The van der Waals surface area contributed by atoms with Crippen molar-refractivity contribution in [1.82, 2.24) is 24.7 Å². The van der Waals surface area contributed by atoms with Gasteiger partial charge in [0.15, 0.2) is 17.4 Å². The zero-order valence-corrected chi connectivity index (χ0v) is 20.0. The molecule has 172 valence electrons. The number of nitrogens with one attached hydrogen (secondary N) is 1. The Labute approximate surface area is 193 Å². The van der Waals surface area contributed by atoms with Gasteiger partial charge in [-0.15, -0.1) is 0 Å². The van der Waals surface area contributed by atoms with E-state index in [0.717, 1.165) is 17.0 Å². The normalized spacial score (nSPS) is 15.6. The molecule has 0 atom stereocenters. The summed E-state index contributed by atoms with van der Waals surface area (Å²) in [6.07, 6.45) is 8.66. The predicted octanol–water partition coefficient (Wildman–Crippen LogP) is 3.63. The molecule has 2 aliphatic carbocycles. The van der Waals surface area contributed by atoms with E-state index in [1.54, 1.807) is 13.2 Å². The first-order valence-electron chi connectivity index (χ1n) is 11.3. The van der Waals surface area contributed by atoms with Crippen LogP contribution in [-0.2, 0) is 7.05 Å². The van der Waals surface area contributed by atoms with Gasteiger partial charge in [0.2, 0.25) is 0 Å². The lowest BCUT2D eigenvalue weighted by Gasteiger charge is -2.16. The first-order valence-corrected chi connectivity index (χ1v) is 12.8. The van der Waals surface area contributed by atoms with E-state index in [2.05, 4.69) is 26.3 Å². The van der Waals surface area contributed by atoms with E-state index in [9.17, 15) is 4.79 Å². The Bertz CT molecular complexity index is 1190. The number of aryl methyl sites for hydroxylation is 1. The number of nitrogens with zero attached hydrogens (tertiary/aromatic N) is 5. The summed E-state index contributed by atoms with van der Waals surface area (Å²) in [4.78, 5) is 25.4. The summed E-state index contributed by atoms with van der Waals surface area (Å²) in [5.74, 6) is 1.18. The average Bonchev–Trinajstić information content (AvgIpc) is 3.74. The average molecular weight is 465 g/mol. The molecule has 5 rings (SSSR count). The second kappa shape index (κ2) is 8.71. The number of hydrogen-bond acceptors (Lipinski definition) is 8. The molecule has 2 aliphatic rings. The number of nitrogens with two attached hydrogens (primary N) is 1. The van der Waals surface area contributed by atoms with Gasteiger partial charge in [0.25, 0.3) is 0 Å². The summed E-state index contributed by atoms with van der Waals surface area (Å²) in [5.41, 5.74) is 11.3. The highest BCUT2D eigenvalue weighted by atomic mass is 31.1. The predicted molar refractivity (Wildman–Crippen MR) is 130 cm³/mol. The maximum absolute atomic E-state index is 12.4. The largest absolute Gasteiger partial charge is 0.491 e. The minimum absolute atomic E-state index is 0.0406. The third-order valence-electron chi connectivity index (χ3n) is 6.05. The Hall–Kier alpha value is -3.06. The molecule has 10 heteroatoms. The second-order valence-corrected chi connectivity index (χ2v) is 11.3. The van der Waals surface area contributed by atoms with E-state index in [1.165, 1.54) is 43.6 Å². The van der Waals surface area contributed by atoms with E-state index in [1.807, 2.05) is 18.7 Å². The van der Waals surface area contributed by atoms with E-state index in [0.29, 0.717) is 40.8 Å². The van der Waals surface area contributed by atoms with Gasteiger partial charge in [0, 0.05) is 25.7 Å². The van der Waals surface area contributed by atoms with Gasteiger partial charge in [-0.1, -0.05) is 6.92 Å². The molecule has 2 fully saturated rings. The number of pyridine rings is 1. The van der Waals surface area contributed by atoms with Crippen molar-refractivity contribution in [2.24, 2.45) is 7.05 Å². The molecule has 9 nitrogen and oxygen atoms in total. The highest BCUT2D eigenvalue weighted by molar-refractivity contribution is 7.67. The van der Waals surface area contributed by atoms with Crippen LogP contribution in [0.5, 0.6) is 5.75 Å². The van der Waals surface area contributed by atoms with Crippen molar-refractivity contribution in [3.63, 3.8) is 0 Å². The molecule has 33 heavy (non-hydrogen) atoms. The van der Waals surface area contributed by atoms with E-state index < -0.39 is 0 Å². The number of carbonyl (C=O) groups is 1. The zero-order valence-electron chi connectivity index (χ0n) is 19.1. The fourth-order valence-electron chi connectivity index (χ4n) is 4.15. The Morgan fingerprint density at radius 2 is 1.94 bits per heavy atom. The Kier molecular flexibility index (Phi) is 5.74. The van der Waals surface area contributed by atoms with Gasteiger partial charge in [0.05, 0.1) is 23.8 Å². The SMILES string of the molecule is CCC(=O)c1cnc(N)cc1Nc1ncnc(-c2cc(P(C3CC3)C3CC3)n(C)n2)c1OC. The maximum Gasteiger partial charge on any atom is 0.189 e. The van der Waals surface area contributed by atoms with Crippen LogP contribution >= 0.6 is 7.92 Å². The molecule has 0 aromatic carbocycles. The Balaban J connectivity index is 1.52. The highest BCUT2D eigenvalue weighted by Crippen LogP contribution is 2.63. The van der Waals surface area contributed by atoms with E-state index in [4.69, 9.17) is 15.6 Å². The van der Waals surface area contributed by atoms with Gasteiger partial charge in [0.1, 0.15) is 23.5 Å². The number of nitrogen functional groups attached to an aromatic ring is 1. The van der Waals surface area contributed by atoms with Crippen molar-refractivity contribution in [3.8, 4) is 17.1 Å². The lowest BCUT2D eigenvalue weighted by Crippen LogP contribution is -2.16. The van der Waals surface area contributed by atoms with E-state index in [-0.39, 0.29) is 13.7 Å². The number of Topliss-reactive ketones (excluding diaryl/α,β-unsaturated/α-hetero) is 1. The van der Waals surface area contributed by atoms with Crippen molar-refractivity contribution in [1.29, 1.82) is 0 Å². The van der Waals surface area contributed by atoms with Crippen LogP contribution in [0.1, 0.15) is 49.4 Å². The van der Waals surface area contributed by atoms with Crippen LogP contribution in [0.4, 0.5) is 17.3 Å². The van der Waals surface area contributed by atoms with Gasteiger partial charge in [-0.05, 0) is 51.0 Å². The summed E-state index contributed by atoms with van der Waals surface area (Å²) in [5, 5.41) is 8.01. The van der Waals surface area contributed by atoms with E-state index >= 15 is 0 Å². The molecule has 3 heterocycles. The lowest BCUT2D eigenvalue weighted by molar-refractivity contribution is 0.0988. The van der Waals surface area contributed by atoms with Crippen LogP contribution in [0.3, 0.4) is 0 Å². The molecule has 3 aromatic rings. The fraction of sp³-hybridized carbons (Fsp3) is 0.435. The molecule has 0 spiro atoms. The Morgan fingerprint density at radius 3 is 2.58 bits per heavy atom. The molecule has 0 amide bonds. The molecule has 0 unspecified atom stereocenters. The topological polar surface area (TPSA) is 121 Å². The van der Waals surface area contributed by atoms with Crippen LogP contribution in [0.2, 0.25) is 0 Å². The number of aromatic nitrogens is 5. The van der Waals surface area contributed by atoms with Crippen molar-refractivity contribution < 1.29 is 9.53 Å². The van der Waals surface area contributed by atoms with Crippen molar-refractivity contribution in [3.05, 3.63) is 30.2 Å². The number of hydrogen-bond donors (Lipinski definition) is 2. The molecule has 3 N–H and O–H groups in total. The minimum atomic E-state index is -0.178. The standard InChI is InChI=1S/C23H28N7O2P/c1-4-18(31)15-11-25-19(24)9-16(15)28-23-22(32-3)21(26-12-27-23)17-10-20(30(2)29-17)33(13-5-6-13)14-7-8-14/h9-14H,4-8H2,1-3H3,(H3,24,25,26,27,28). The first-order chi connectivity index (χ1) is 16.0. The van der Waals surface area contributed by atoms with Crippen molar-refractivity contribution in [2.75, 3.05) is 18.2 Å². The molecule has 0 saturated heterocycles. The summed E-state index contributed by atoms with van der Waals surface area (Å²) in [6.45, 7) is 1.81. The van der Waals surface area contributed by atoms with Crippen LogP contribution in [0.25, 0.3) is 11.4 Å². The van der Waals surface area contributed by atoms with Crippen molar-refractivity contribution in [2.45, 2.75) is 50.3 Å². The number of anilines is 3. The third kappa shape index (κ3) is 4.29. The van der Waals surface area contributed by atoms with Gasteiger partial charge in [-0.3, -0.25) is 9.48 Å². The summed E-state index contributed by atoms with van der Waals surface area (Å²) in [7, 11) is 3.42. The van der Waals surface area contributed by atoms with Crippen LogP contribution in [0, 0.1) is 0 Å². The minimum Gasteiger partial charge on any atom is -0.491 e. The number of ketones is 1. The monoisotopic (exact) mass is 465 g/mol. The van der Waals surface area contributed by atoms with Crippen LogP contribution in [-0.4, -0.2) is 48.9 Å². The summed E-state index contributed by atoms with van der Waals surface area (Å²) in [6, 6.07) is 3.80. The maximum atomic E-state index is 12.4. The smallest absolute Gasteiger partial charge is 0.189 e. The summed E-state index contributed by atoms with van der Waals surface area (Å²) < 4.78 is 7.75. The van der Waals surface area contributed by atoms with Gasteiger partial charge in [-0.2, -0.15) is 5.10 Å². The van der Waals surface area contributed by atoms with Crippen molar-refractivity contribution >= 4 is 36.5 Å². The summed E-state index contributed by atoms with van der Waals surface area (Å²) >= 11 is 0. The molecular formula is C23H28N7O2P. The highest BCUT2D eigenvalue weighted by Gasteiger charge is 2.43. The fourth-order valence-corrected chi connectivity index (χ4v) is 7.55. The molecule has 0 aliphatic heterocycles. The molecular weight excluding hydrogens is 437 g/mol. The molecule has 0 radical (unpaired) electrons. The number of methoxy groups -OCH3 is 1. The molecule has 3 aromatic heterocycles. The van der Waals surface area contributed by atoms with Gasteiger partial charge < -0.3 is 15.8 Å². The Morgan fingerprint density at radius 1 is 1.21 bits per heavy atom. The number of rotatable bonds is 9. The van der Waals surface area contributed by atoms with Gasteiger partial charge in [-0.25, -0.2) is 15.0 Å². The second-order valence-electron chi connectivity index (χ2n) is 8.54. The lowest BCUT2D eigenvalue weighted by atomic mass is 10.1. The molecule has 2 saturated carbocycles. The quantitative estimate of drug-likeness (QED) is 0.363.